The number of carbonyl (C=O) groups excluding carboxylic acids is 1. The number of nitrogens with zero attached hydrogens (tertiary/aromatic N) is 3. The molecule has 4 rings (SSSR count). The maximum atomic E-state index is 12.6. The number of amides is 1. The first kappa shape index (κ1) is 18.5. The van der Waals surface area contributed by atoms with Gasteiger partial charge in [0.2, 0.25) is 0 Å². The predicted molar refractivity (Wildman–Crippen MR) is 116 cm³/mol. The monoisotopic (exact) mass is 382 g/mol. The van der Waals surface area contributed by atoms with Gasteiger partial charge in [-0.15, -0.1) is 0 Å². The third kappa shape index (κ3) is 3.89. The van der Waals surface area contributed by atoms with E-state index in [2.05, 4.69) is 27.2 Å². The maximum Gasteiger partial charge on any atom is 0.271 e. The third-order valence-corrected chi connectivity index (χ3v) is 4.82. The van der Waals surface area contributed by atoms with Crippen molar-refractivity contribution >= 4 is 12.1 Å². The zero-order valence-corrected chi connectivity index (χ0v) is 16.4. The van der Waals surface area contributed by atoms with Crippen molar-refractivity contribution < 1.29 is 4.79 Å². The van der Waals surface area contributed by atoms with Crippen molar-refractivity contribution in [2.24, 2.45) is 5.10 Å². The van der Waals surface area contributed by atoms with E-state index in [9.17, 15) is 4.79 Å². The minimum Gasteiger partial charge on any atom is -0.318 e. The van der Waals surface area contributed by atoms with Gasteiger partial charge in [-0.1, -0.05) is 24.3 Å². The van der Waals surface area contributed by atoms with Crippen molar-refractivity contribution in [2.75, 3.05) is 0 Å². The van der Waals surface area contributed by atoms with Crippen LogP contribution in [0.2, 0.25) is 0 Å². The quantitative estimate of drug-likeness (QED) is 0.396. The van der Waals surface area contributed by atoms with Crippen molar-refractivity contribution in [1.82, 2.24) is 14.6 Å². The molecule has 5 heteroatoms. The summed E-state index contributed by atoms with van der Waals surface area (Å²) in [5.41, 5.74) is 8.31. The summed E-state index contributed by atoms with van der Waals surface area (Å²) in [5.74, 6) is -0.247. The normalized spacial score (nSPS) is 11.1. The van der Waals surface area contributed by atoms with Crippen LogP contribution in [0.15, 0.2) is 90.2 Å². The Morgan fingerprint density at radius 2 is 1.59 bits per heavy atom. The molecule has 0 fully saturated rings. The average molecular weight is 382 g/mol. The molecule has 0 atom stereocenters. The molecular formula is C24H22N4O. The molecule has 0 unspecified atom stereocenters. The van der Waals surface area contributed by atoms with Crippen LogP contribution in [0.3, 0.4) is 0 Å². The van der Waals surface area contributed by atoms with Gasteiger partial charge in [0, 0.05) is 34.5 Å². The number of aryl methyl sites for hydroxylation is 2. The van der Waals surface area contributed by atoms with Crippen molar-refractivity contribution in [2.45, 2.75) is 13.8 Å². The highest BCUT2D eigenvalue weighted by Crippen LogP contribution is 2.17. The van der Waals surface area contributed by atoms with Gasteiger partial charge in [-0.2, -0.15) is 5.10 Å². The standard InChI is InChI=1S/C24H22N4O/c1-18-13-14-19(2)28(18)22-11-6-8-20(16-22)24(29)26-25-17-23-12-7-15-27(23)21-9-4-3-5-10-21/h3-17H,1-2H3,(H,26,29)/b25-17-. The van der Waals surface area contributed by atoms with Gasteiger partial charge in [-0.05, 0) is 68.4 Å². The molecule has 0 aliphatic heterocycles. The highest BCUT2D eigenvalue weighted by Gasteiger charge is 2.09. The molecule has 5 nitrogen and oxygen atoms in total. The van der Waals surface area contributed by atoms with Crippen LogP contribution >= 0.6 is 0 Å². The fourth-order valence-corrected chi connectivity index (χ4v) is 3.41. The number of benzene rings is 2. The molecule has 1 amide bonds. The van der Waals surface area contributed by atoms with E-state index >= 15 is 0 Å². The van der Waals surface area contributed by atoms with E-state index in [1.807, 2.05) is 85.3 Å². The van der Waals surface area contributed by atoms with Gasteiger partial charge in [0.25, 0.3) is 5.91 Å². The molecule has 0 bridgehead atoms. The molecule has 2 aromatic carbocycles. The molecule has 4 aromatic rings. The minimum atomic E-state index is -0.247. The summed E-state index contributed by atoms with van der Waals surface area (Å²) in [6, 6.07) is 25.5. The van der Waals surface area contributed by atoms with Crippen LogP contribution in [-0.2, 0) is 0 Å². The fraction of sp³-hybridized carbons (Fsp3) is 0.0833. The average Bonchev–Trinajstić information content (AvgIpc) is 3.35. The largest absolute Gasteiger partial charge is 0.318 e. The second kappa shape index (κ2) is 8.02. The Bertz CT molecular complexity index is 1150. The number of hydrogen-bond donors (Lipinski definition) is 1. The summed E-state index contributed by atoms with van der Waals surface area (Å²) in [5, 5.41) is 4.15. The number of para-hydroxylation sites is 1. The van der Waals surface area contributed by atoms with Crippen molar-refractivity contribution in [3.8, 4) is 11.4 Å². The first-order valence-electron chi connectivity index (χ1n) is 9.45. The van der Waals surface area contributed by atoms with Gasteiger partial charge in [-0.25, -0.2) is 5.43 Å². The second-order valence-electron chi connectivity index (χ2n) is 6.84. The Hall–Kier alpha value is -3.86. The smallest absolute Gasteiger partial charge is 0.271 e. The second-order valence-corrected chi connectivity index (χ2v) is 6.84. The van der Waals surface area contributed by atoms with Crippen LogP contribution in [0.25, 0.3) is 11.4 Å². The van der Waals surface area contributed by atoms with E-state index in [1.54, 1.807) is 12.3 Å². The lowest BCUT2D eigenvalue weighted by atomic mass is 10.2. The number of rotatable bonds is 5. The van der Waals surface area contributed by atoms with Crippen LogP contribution in [0, 0.1) is 13.8 Å². The van der Waals surface area contributed by atoms with Gasteiger partial charge in [-0.3, -0.25) is 4.79 Å². The Kier molecular flexibility index (Phi) is 5.12. The summed E-state index contributed by atoms with van der Waals surface area (Å²) in [6.45, 7) is 4.10. The van der Waals surface area contributed by atoms with Gasteiger partial charge < -0.3 is 9.13 Å². The van der Waals surface area contributed by atoms with Crippen LogP contribution in [0.5, 0.6) is 0 Å². The lowest BCUT2D eigenvalue weighted by Crippen LogP contribution is -2.18. The summed E-state index contributed by atoms with van der Waals surface area (Å²) in [6.07, 6.45) is 3.61. The van der Waals surface area contributed by atoms with Gasteiger partial charge in [0.05, 0.1) is 11.9 Å². The Labute approximate surface area is 169 Å². The van der Waals surface area contributed by atoms with E-state index < -0.39 is 0 Å². The first-order valence-corrected chi connectivity index (χ1v) is 9.45. The molecular weight excluding hydrogens is 360 g/mol. The van der Waals surface area contributed by atoms with Crippen molar-refractivity contribution in [3.63, 3.8) is 0 Å². The van der Waals surface area contributed by atoms with Gasteiger partial charge >= 0.3 is 0 Å². The lowest BCUT2D eigenvalue weighted by Gasteiger charge is -2.10. The Morgan fingerprint density at radius 1 is 0.862 bits per heavy atom. The SMILES string of the molecule is Cc1ccc(C)n1-c1cccc(C(=O)N/N=C\c2cccn2-c2ccccc2)c1. The molecule has 0 radical (unpaired) electrons. The van der Waals surface area contributed by atoms with Crippen LogP contribution in [0.1, 0.15) is 27.4 Å². The van der Waals surface area contributed by atoms with Crippen LogP contribution in [-0.4, -0.2) is 21.3 Å². The molecule has 0 saturated heterocycles. The van der Waals surface area contributed by atoms with E-state index in [0.717, 1.165) is 28.5 Å². The number of carbonyl (C=O) groups is 1. The Balaban J connectivity index is 1.50. The highest BCUT2D eigenvalue weighted by atomic mass is 16.2. The van der Waals surface area contributed by atoms with Crippen LogP contribution in [0.4, 0.5) is 0 Å². The Morgan fingerprint density at radius 3 is 2.34 bits per heavy atom. The van der Waals surface area contributed by atoms with Gasteiger partial charge in [0.15, 0.2) is 0 Å². The van der Waals surface area contributed by atoms with Crippen LogP contribution < -0.4 is 5.43 Å². The summed E-state index contributed by atoms with van der Waals surface area (Å²) < 4.78 is 4.13. The van der Waals surface area contributed by atoms with E-state index in [0.29, 0.717) is 5.56 Å². The van der Waals surface area contributed by atoms with Crippen molar-refractivity contribution in [1.29, 1.82) is 0 Å². The topological polar surface area (TPSA) is 51.3 Å². The zero-order valence-electron chi connectivity index (χ0n) is 16.4. The molecule has 1 N–H and O–H groups in total. The summed E-state index contributed by atoms with van der Waals surface area (Å²) >= 11 is 0. The molecule has 144 valence electrons. The molecule has 0 spiro atoms. The molecule has 29 heavy (non-hydrogen) atoms. The molecule has 2 heterocycles. The van der Waals surface area contributed by atoms with Gasteiger partial charge in [0.1, 0.15) is 0 Å². The van der Waals surface area contributed by atoms with E-state index in [1.165, 1.54) is 0 Å². The molecule has 0 aliphatic carbocycles. The van der Waals surface area contributed by atoms with E-state index in [-0.39, 0.29) is 5.91 Å². The zero-order chi connectivity index (χ0) is 20.2. The third-order valence-electron chi connectivity index (χ3n) is 4.82. The number of hydrogen-bond acceptors (Lipinski definition) is 2. The maximum absolute atomic E-state index is 12.6. The minimum absolute atomic E-state index is 0.247. The predicted octanol–water partition coefficient (Wildman–Crippen LogP) is 4.65. The number of hydrazone groups is 1. The fourth-order valence-electron chi connectivity index (χ4n) is 3.41. The van der Waals surface area contributed by atoms with Crippen molar-refractivity contribution in [3.05, 3.63) is 108 Å². The highest BCUT2D eigenvalue weighted by molar-refractivity contribution is 5.95. The molecule has 0 saturated carbocycles. The van der Waals surface area contributed by atoms with E-state index in [4.69, 9.17) is 0 Å². The summed E-state index contributed by atoms with van der Waals surface area (Å²) in [7, 11) is 0. The first-order chi connectivity index (χ1) is 14.1. The lowest BCUT2D eigenvalue weighted by molar-refractivity contribution is 0.0955. The summed E-state index contributed by atoms with van der Waals surface area (Å²) in [4.78, 5) is 12.6. The molecule has 2 aromatic heterocycles. The number of nitrogens with one attached hydrogen (secondary N) is 1. The number of aromatic nitrogens is 2. The molecule has 0 aliphatic rings.